The molecular formula is C26H38N2O4. The number of hydrogen-bond donors (Lipinski definition) is 1. The lowest BCUT2D eigenvalue weighted by Crippen LogP contribution is -2.36. The maximum Gasteiger partial charge on any atom is 0.337 e. The Morgan fingerprint density at radius 2 is 2.00 bits per heavy atom. The summed E-state index contributed by atoms with van der Waals surface area (Å²) in [7, 11) is 1.30. The SMILES string of the molecule is C=C/C(=C\C=C(/C)NC(=O)CCC1C2=C(CCC/C=C\C2)C(=O)N1CC)C(=O)OC.CC. The van der Waals surface area contributed by atoms with Crippen LogP contribution in [-0.4, -0.2) is 42.4 Å². The predicted octanol–water partition coefficient (Wildman–Crippen LogP) is 4.76. The molecule has 0 bridgehead atoms. The first-order valence-corrected chi connectivity index (χ1v) is 11.5. The van der Waals surface area contributed by atoms with Crippen LogP contribution >= 0.6 is 0 Å². The van der Waals surface area contributed by atoms with Gasteiger partial charge in [0, 0.05) is 24.2 Å². The molecule has 2 aliphatic rings. The number of rotatable bonds is 8. The van der Waals surface area contributed by atoms with E-state index in [0.29, 0.717) is 30.7 Å². The maximum atomic E-state index is 12.8. The molecule has 176 valence electrons. The maximum absolute atomic E-state index is 12.8. The topological polar surface area (TPSA) is 75.7 Å². The molecule has 0 aromatic carbocycles. The number of allylic oxidation sites excluding steroid dienone is 5. The Morgan fingerprint density at radius 3 is 2.62 bits per heavy atom. The van der Waals surface area contributed by atoms with E-state index in [-0.39, 0.29) is 17.9 Å². The monoisotopic (exact) mass is 442 g/mol. The quantitative estimate of drug-likeness (QED) is 0.255. The van der Waals surface area contributed by atoms with Crippen molar-refractivity contribution in [2.45, 2.75) is 72.3 Å². The van der Waals surface area contributed by atoms with Crippen LogP contribution in [0.2, 0.25) is 0 Å². The number of likely N-dealkylation sites (N-methyl/N-ethyl adjacent to an activating group) is 1. The van der Waals surface area contributed by atoms with Crippen molar-refractivity contribution >= 4 is 17.8 Å². The zero-order chi connectivity index (χ0) is 24.1. The molecule has 0 radical (unpaired) electrons. The molecule has 1 heterocycles. The highest BCUT2D eigenvalue weighted by molar-refractivity contribution is 5.98. The molecule has 0 saturated carbocycles. The van der Waals surface area contributed by atoms with Crippen LogP contribution in [0.25, 0.3) is 0 Å². The molecule has 2 rings (SSSR count). The predicted molar refractivity (Wildman–Crippen MR) is 129 cm³/mol. The zero-order valence-corrected chi connectivity index (χ0v) is 20.2. The smallest absolute Gasteiger partial charge is 0.337 e. The van der Waals surface area contributed by atoms with Crippen LogP contribution in [-0.2, 0) is 19.1 Å². The summed E-state index contributed by atoms with van der Waals surface area (Å²) in [6.07, 6.45) is 13.4. The lowest BCUT2D eigenvalue weighted by molar-refractivity contribution is -0.135. The summed E-state index contributed by atoms with van der Waals surface area (Å²) in [5.41, 5.74) is 3.06. The Kier molecular flexibility index (Phi) is 12.1. The standard InChI is InChI=1S/C24H32N2O4.C2H6/c1-5-18(24(29)30-4)14-13-17(3)25-22(27)16-15-21-19-11-9-7-8-10-12-20(19)23(28)26(21)6-2;1-2/h5,7,9,13-14,21H,1,6,8,10-12,15-16H2,2-4H3,(H,25,27);1-2H3/b9-7-,17-13+,18-14+;. The van der Waals surface area contributed by atoms with E-state index in [1.165, 1.54) is 18.8 Å². The van der Waals surface area contributed by atoms with Gasteiger partial charge in [-0.25, -0.2) is 4.79 Å². The molecule has 6 nitrogen and oxygen atoms in total. The van der Waals surface area contributed by atoms with Gasteiger partial charge in [0.1, 0.15) is 0 Å². The van der Waals surface area contributed by atoms with E-state index in [4.69, 9.17) is 0 Å². The minimum atomic E-state index is -0.483. The van der Waals surface area contributed by atoms with E-state index in [1.807, 2.05) is 25.7 Å². The molecule has 0 aromatic heterocycles. The number of nitrogens with zero attached hydrogens (tertiary/aromatic N) is 1. The molecule has 32 heavy (non-hydrogen) atoms. The Morgan fingerprint density at radius 1 is 1.28 bits per heavy atom. The van der Waals surface area contributed by atoms with E-state index in [0.717, 1.165) is 31.3 Å². The Balaban J connectivity index is 0.00000249. The molecule has 1 aliphatic carbocycles. The van der Waals surface area contributed by atoms with Gasteiger partial charge in [-0.15, -0.1) is 0 Å². The number of esters is 1. The van der Waals surface area contributed by atoms with Gasteiger partial charge in [0.15, 0.2) is 0 Å². The Labute approximate surface area is 192 Å². The summed E-state index contributed by atoms with van der Waals surface area (Å²) in [5, 5.41) is 2.84. The summed E-state index contributed by atoms with van der Waals surface area (Å²) in [6.45, 7) is 12.0. The van der Waals surface area contributed by atoms with Crippen molar-refractivity contribution in [3.05, 3.63) is 59.4 Å². The number of carbonyl (C=O) groups excluding carboxylic acids is 3. The first-order chi connectivity index (χ1) is 15.4. The molecule has 0 fully saturated rings. The average Bonchev–Trinajstić information content (AvgIpc) is 3.02. The fourth-order valence-corrected chi connectivity index (χ4v) is 3.93. The Bertz CT molecular complexity index is 818. The fraction of sp³-hybridized carbons (Fsp3) is 0.500. The lowest BCUT2D eigenvalue weighted by Gasteiger charge is -2.25. The van der Waals surface area contributed by atoms with Crippen molar-refractivity contribution < 1.29 is 19.1 Å². The molecule has 0 spiro atoms. The van der Waals surface area contributed by atoms with Gasteiger partial charge in [0.05, 0.1) is 18.7 Å². The number of carbonyl (C=O) groups is 3. The fourth-order valence-electron chi connectivity index (χ4n) is 3.93. The second kappa shape index (κ2) is 14.2. The van der Waals surface area contributed by atoms with E-state index in [9.17, 15) is 14.4 Å². The summed E-state index contributed by atoms with van der Waals surface area (Å²) in [4.78, 5) is 38.7. The van der Waals surface area contributed by atoms with Gasteiger partial charge in [-0.3, -0.25) is 9.59 Å². The number of methoxy groups -OCH3 is 1. The highest BCUT2D eigenvalue weighted by Crippen LogP contribution is 2.35. The van der Waals surface area contributed by atoms with Gasteiger partial charge in [0.2, 0.25) is 11.8 Å². The first kappa shape index (κ1) is 27.1. The largest absolute Gasteiger partial charge is 0.465 e. The van der Waals surface area contributed by atoms with Crippen molar-refractivity contribution in [2.75, 3.05) is 13.7 Å². The third-order valence-electron chi connectivity index (χ3n) is 5.46. The van der Waals surface area contributed by atoms with Crippen LogP contribution in [0.15, 0.2) is 59.4 Å². The second-order valence-corrected chi connectivity index (χ2v) is 7.43. The first-order valence-electron chi connectivity index (χ1n) is 11.5. The third kappa shape index (κ3) is 7.36. The zero-order valence-electron chi connectivity index (χ0n) is 20.2. The molecule has 0 saturated heterocycles. The highest BCUT2D eigenvalue weighted by atomic mass is 16.5. The molecule has 1 atom stereocenters. The van der Waals surface area contributed by atoms with Gasteiger partial charge in [0.25, 0.3) is 0 Å². The van der Waals surface area contributed by atoms with Crippen LogP contribution < -0.4 is 5.32 Å². The van der Waals surface area contributed by atoms with Gasteiger partial charge < -0.3 is 15.0 Å². The number of hydrogen-bond acceptors (Lipinski definition) is 4. The number of ether oxygens (including phenoxy) is 1. The summed E-state index contributed by atoms with van der Waals surface area (Å²) >= 11 is 0. The van der Waals surface area contributed by atoms with Crippen LogP contribution in [0.3, 0.4) is 0 Å². The highest BCUT2D eigenvalue weighted by Gasteiger charge is 2.37. The van der Waals surface area contributed by atoms with Crippen LogP contribution in [0.5, 0.6) is 0 Å². The Hall–Kier alpha value is -2.89. The van der Waals surface area contributed by atoms with Crippen molar-refractivity contribution in [1.29, 1.82) is 0 Å². The van der Waals surface area contributed by atoms with Gasteiger partial charge in [-0.2, -0.15) is 0 Å². The minimum absolute atomic E-state index is 0.0122. The number of amides is 2. The normalized spacial score (nSPS) is 19.8. The minimum Gasteiger partial charge on any atom is -0.465 e. The van der Waals surface area contributed by atoms with Crippen molar-refractivity contribution in [3.63, 3.8) is 0 Å². The van der Waals surface area contributed by atoms with Gasteiger partial charge >= 0.3 is 5.97 Å². The molecule has 0 aromatic rings. The van der Waals surface area contributed by atoms with Gasteiger partial charge in [-0.1, -0.05) is 38.7 Å². The number of nitrogens with one attached hydrogen (secondary N) is 1. The molecule has 1 aliphatic heterocycles. The van der Waals surface area contributed by atoms with E-state index in [2.05, 4.69) is 28.8 Å². The van der Waals surface area contributed by atoms with E-state index < -0.39 is 5.97 Å². The summed E-state index contributed by atoms with van der Waals surface area (Å²) in [5.74, 6) is -0.466. The van der Waals surface area contributed by atoms with Crippen LogP contribution in [0, 0.1) is 0 Å². The molecular weight excluding hydrogens is 404 g/mol. The van der Waals surface area contributed by atoms with E-state index >= 15 is 0 Å². The van der Waals surface area contributed by atoms with E-state index in [1.54, 1.807) is 19.1 Å². The van der Waals surface area contributed by atoms with Crippen LogP contribution in [0.4, 0.5) is 0 Å². The lowest BCUT2D eigenvalue weighted by atomic mass is 9.93. The molecule has 2 amide bonds. The van der Waals surface area contributed by atoms with Crippen molar-refractivity contribution in [1.82, 2.24) is 10.2 Å². The van der Waals surface area contributed by atoms with Crippen LogP contribution in [0.1, 0.15) is 66.2 Å². The molecule has 1 N–H and O–H groups in total. The molecule has 6 heteroatoms. The average molecular weight is 443 g/mol. The summed E-state index contributed by atoms with van der Waals surface area (Å²) < 4.78 is 4.67. The molecule has 1 unspecified atom stereocenters. The van der Waals surface area contributed by atoms with Crippen molar-refractivity contribution in [2.24, 2.45) is 0 Å². The third-order valence-corrected chi connectivity index (χ3v) is 5.46. The second-order valence-electron chi connectivity index (χ2n) is 7.43. The summed E-state index contributed by atoms with van der Waals surface area (Å²) in [6, 6.07) is -0.0122. The van der Waals surface area contributed by atoms with Gasteiger partial charge in [-0.05, 0) is 63.7 Å². The van der Waals surface area contributed by atoms with Crippen molar-refractivity contribution in [3.8, 4) is 0 Å².